The number of rotatable bonds is 3. The molecule has 0 bridgehead atoms. The third kappa shape index (κ3) is 3.98. The molecule has 0 aliphatic rings. The molecular weight excluding hydrogens is 327 g/mol. The molecule has 0 heterocycles. The summed E-state index contributed by atoms with van der Waals surface area (Å²) in [6, 6.07) is 11.9. The Labute approximate surface area is 160 Å². The van der Waals surface area contributed by atoms with Gasteiger partial charge in [0.2, 0.25) is 9.84 Å². The summed E-state index contributed by atoms with van der Waals surface area (Å²) in [5, 5.41) is 0. The first-order valence-corrected chi connectivity index (χ1v) is 8.07. The Balaban J connectivity index is 0.00000200. The van der Waals surface area contributed by atoms with E-state index in [-0.39, 0.29) is 61.2 Å². The smallest absolute Gasteiger partial charge is 0.744 e. The van der Waals surface area contributed by atoms with E-state index in [1.54, 1.807) is 18.2 Å². The van der Waals surface area contributed by atoms with E-state index in [1.165, 1.54) is 12.1 Å². The van der Waals surface area contributed by atoms with Crippen LogP contribution < -0.4 is 51.4 Å². The summed E-state index contributed by atoms with van der Waals surface area (Å²) in [4.78, 5) is -0.418. The van der Waals surface area contributed by atoms with Crippen molar-refractivity contribution in [1.82, 2.24) is 0 Å². The molecule has 5 nitrogen and oxygen atoms in total. The Bertz CT molecular complexity index is 782. The molecule has 100 valence electrons. The maximum absolute atomic E-state index is 12.2. The van der Waals surface area contributed by atoms with Crippen LogP contribution in [0.15, 0.2) is 69.3 Å². The third-order valence-electron chi connectivity index (χ3n) is 2.48. The second-order valence-electron chi connectivity index (χ2n) is 3.74. The molecule has 0 unspecified atom stereocenters. The van der Waals surface area contributed by atoms with Crippen molar-refractivity contribution in [3.63, 3.8) is 0 Å². The van der Waals surface area contributed by atoms with E-state index in [0.717, 1.165) is 24.3 Å². The Morgan fingerprint density at radius 2 is 1.05 bits per heavy atom. The van der Waals surface area contributed by atoms with E-state index >= 15 is 0 Å². The summed E-state index contributed by atoms with van der Waals surface area (Å²) < 4.78 is 56.6. The van der Waals surface area contributed by atoms with E-state index in [0.29, 0.717) is 0 Å². The van der Waals surface area contributed by atoms with Gasteiger partial charge in [-0.25, -0.2) is 16.8 Å². The van der Waals surface area contributed by atoms with Gasteiger partial charge in [0, 0.05) is 0 Å². The van der Waals surface area contributed by atoms with Crippen molar-refractivity contribution in [2.24, 2.45) is 0 Å². The topological polar surface area (TPSA) is 91.3 Å². The van der Waals surface area contributed by atoms with E-state index < -0.39 is 24.9 Å². The van der Waals surface area contributed by atoms with Gasteiger partial charge in [-0.15, -0.1) is 0 Å². The van der Waals surface area contributed by atoms with Gasteiger partial charge >= 0.3 is 51.4 Å². The van der Waals surface area contributed by atoms with Crippen molar-refractivity contribution >= 4 is 20.0 Å². The van der Waals surface area contributed by atoms with E-state index in [1.807, 2.05) is 0 Å². The molecule has 0 fully saturated rings. The maximum Gasteiger partial charge on any atom is 1.00 e. The molecule has 0 aromatic heterocycles. The summed E-state index contributed by atoms with van der Waals surface area (Å²) in [6.45, 7) is 0. The monoisotopic (exact) mass is 336 g/mol. The number of sulfone groups is 1. The van der Waals surface area contributed by atoms with E-state index in [2.05, 4.69) is 0 Å². The molecule has 0 spiro atoms. The van der Waals surface area contributed by atoms with Crippen LogP contribution in [0.2, 0.25) is 0 Å². The number of hydrogen-bond donors (Lipinski definition) is 0. The maximum atomic E-state index is 12.2. The van der Waals surface area contributed by atoms with E-state index in [9.17, 15) is 21.4 Å². The summed E-state index contributed by atoms with van der Waals surface area (Å²) in [6.07, 6.45) is 0. The standard InChI is InChI=1S/C12H10O5S2.K/c13-18(14,10-4-2-1-3-5-10)11-6-8-12(9-7-11)19(15,16)17;/h1-9H,(H,15,16,17);/q;+1/p-1. The van der Waals surface area contributed by atoms with Crippen molar-refractivity contribution in [1.29, 1.82) is 0 Å². The summed E-state index contributed by atoms with van der Waals surface area (Å²) in [7, 11) is -8.27. The van der Waals surface area contributed by atoms with Gasteiger partial charge < -0.3 is 4.55 Å². The van der Waals surface area contributed by atoms with Crippen LogP contribution in [0.4, 0.5) is 0 Å². The van der Waals surface area contributed by atoms with Crippen molar-refractivity contribution in [3.8, 4) is 0 Å². The van der Waals surface area contributed by atoms with Crippen LogP contribution in [0.5, 0.6) is 0 Å². The zero-order chi connectivity index (χ0) is 14.1. The average molecular weight is 336 g/mol. The summed E-state index contributed by atoms with van der Waals surface area (Å²) in [5.41, 5.74) is 0. The fraction of sp³-hybridized carbons (Fsp3) is 0. The van der Waals surface area contributed by atoms with Crippen LogP contribution in [0.25, 0.3) is 0 Å². The largest absolute Gasteiger partial charge is 1.00 e. The molecule has 0 radical (unpaired) electrons. The minimum atomic E-state index is -4.57. The first-order valence-electron chi connectivity index (χ1n) is 5.18. The van der Waals surface area contributed by atoms with Crippen LogP contribution in [-0.4, -0.2) is 21.4 Å². The van der Waals surface area contributed by atoms with Crippen molar-refractivity contribution in [2.45, 2.75) is 14.7 Å². The Kier molecular flexibility index (Phi) is 6.11. The molecule has 0 aliphatic carbocycles. The molecule has 0 saturated carbocycles. The quantitative estimate of drug-likeness (QED) is 0.499. The fourth-order valence-corrected chi connectivity index (χ4v) is 3.27. The molecule has 20 heavy (non-hydrogen) atoms. The molecule has 0 amide bonds. The molecule has 2 rings (SSSR count). The molecule has 2 aromatic rings. The molecule has 0 aliphatic heterocycles. The molecule has 8 heteroatoms. The van der Waals surface area contributed by atoms with Gasteiger partial charge in [-0.2, -0.15) is 0 Å². The van der Waals surface area contributed by atoms with Crippen LogP contribution in [-0.2, 0) is 20.0 Å². The molecular formula is C12H9KO5S2. The van der Waals surface area contributed by atoms with Gasteiger partial charge in [-0.3, -0.25) is 0 Å². The molecule has 0 atom stereocenters. The van der Waals surface area contributed by atoms with Gasteiger partial charge in [0.15, 0.2) is 0 Å². The molecule has 0 N–H and O–H groups in total. The average Bonchev–Trinajstić information content (AvgIpc) is 2.39. The van der Waals surface area contributed by atoms with Gasteiger partial charge in [0.25, 0.3) is 0 Å². The number of benzene rings is 2. The Morgan fingerprint density at radius 3 is 1.50 bits per heavy atom. The SMILES string of the molecule is O=S(=O)([O-])c1ccc(S(=O)(=O)c2ccccc2)cc1.[K+]. The molecule has 0 saturated heterocycles. The minimum Gasteiger partial charge on any atom is -0.744 e. The van der Waals surface area contributed by atoms with Crippen LogP contribution in [0, 0.1) is 0 Å². The zero-order valence-corrected chi connectivity index (χ0v) is 15.3. The van der Waals surface area contributed by atoms with E-state index in [4.69, 9.17) is 0 Å². The second kappa shape index (κ2) is 6.80. The Morgan fingerprint density at radius 1 is 0.650 bits per heavy atom. The van der Waals surface area contributed by atoms with Crippen LogP contribution >= 0.6 is 0 Å². The first kappa shape index (κ1) is 18.0. The first-order chi connectivity index (χ1) is 8.82. The van der Waals surface area contributed by atoms with Crippen molar-refractivity contribution < 1.29 is 72.8 Å². The van der Waals surface area contributed by atoms with Gasteiger partial charge in [-0.1, -0.05) is 18.2 Å². The third-order valence-corrected chi connectivity index (χ3v) is 5.11. The zero-order valence-electron chi connectivity index (χ0n) is 10.6. The molecule has 2 aromatic carbocycles. The van der Waals surface area contributed by atoms with Crippen LogP contribution in [0.3, 0.4) is 0 Å². The summed E-state index contributed by atoms with van der Waals surface area (Å²) in [5.74, 6) is 0. The van der Waals surface area contributed by atoms with Crippen LogP contribution in [0.1, 0.15) is 0 Å². The van der Waals surface area contributed by atoms with Gasteiger partial charge in [0.1, 0.15) is 10.1 Å². The fourth-order valence-electron chi connectivity index (χ4n) is 1.52. The minimum absolute atomic E-state index is 0. The number of hydrogen-bond acceptors (Lipinski definition) is 5. The second-order valence-corrected chi connectivity index (χ2v) is 7.07. The Hall–Kier alpha value is -0.0636. The van der Waals surface area contributed by atoms with Crippen molar-refractivity contribution in [3.05, 3.63) is 54.6 Å². The normalized spacial score (nSPS) is 11.7. The van der Waals surface area contributed by atoms with Gasteiger partial charge in [0.05, 0.1) is 14.7 Å². The summed E-state index contributed by atoms with van der Waals surface area (Å²) >= 11 is 0. The van der Waals surface area contributed by atoms with Crippen molar-refractivity contribution in [2.75, 3.05) is 0 Å². The predicted molar refractivity (Wildman–Crippen MR) is 66.3 cm³/mol. The van der Waals surface area contributed by atoms with Gasteiger partial charge in [-0.05, 0) is 36.4 Å². The predicted octanol–water partition coefficient (Wildman–Crippen LogP) is -1.57.